The molecule has 5 nitrogen and oxygen atoms in total. The molecule has 4 atom stereocenters. The molecule has 0 radical (unpaired) electrons. The van der Waals surface area contributed by atoms with Crippen LogP contribution in [-0.2, 0) is 9.47 Å². The standard InChI is InChI=1S/C16H29N3O2/c17-18-15(12-4-8-21-16(9-12)5-2-6-16)14-10-19-7-1-3-13(19)11-20-14/h12-15,18H,1-11,17H2. The predicted molar refractivity (Wildman–Crippen MR) is 80.7 cm³/mol. The van der Waals surface area contributed by atoms with E-state index in [9.17, 15) is 0 Å². The SMILES string of the molecule is NNC(C1CCOC2(CCC2)C1)C1CN2CCCC2CO1. The lowest BCUT2D eigenvalue weighted by Crippen LogP contribution is -2.60. The summed E-state index contributed by atoms with van der Waals surface area (Å²) in [6.45, 7) is 4.06. The summed E-state index contributed by atoms with van der Waals surface area (Å²) in [5.74, 6) is 6.52. The molecular formula is C16H29N3O2. The highest BCUT2D eigenvalue weighted by molar-refractivity contribution is 4.99. The van der Waals surface area contributed by atoms with Crippen molar-refractivity contribution in [1.29, 1.82) is 0 Å². The largest absolute Gasteiger partial charge is 0.375 e. The van der Waals surface area contributed by atoms with Gasteiger partial charge in [0.15, 0.2) is 0 Å². The number of rotatable bonds is 3. The molecule has 3 N–H and O–H groups in total. The number of morpholine rings is 1. The third-order valence-electron chi connectivity index (χ3n) is 6.31. The zero-order chi connectivity index (χ0) is 14.3. The summed E-state index contributed by atoms with van der Waals surface area (Å²) in [6, 6.07) is 0.931. The molecule has 0 amide bonds. The average molecular weight is 295 g/mol. The first-order valence-electron chi connectivity index (χ1n) is 8.75. The van der Waals surface area contributed by atoms with Gasteiger partial charge in [0.1, 0.15) is 0 Å². The Labute approximate surface area is 127 Å². The molecule has 4 unspecified atom stereocenters. The van der Waals surface area contributed by atoms with E-state index in [-0.39, 0.29) is 17.7 Å². The van der Waals surface area contributed by atoms with Crippen LogP contribution in [-0.4, -0.2) is 55.0 Å². The van der Waals surface area contributed by atoms with E-state index >= 15 is 0 Å². The van der Waals surface area contributed by atoms with Crippen molar-refractivity contribution in [2.45, 2.75) is 68.7 Å². The summed E-state index contributed by atoms with van der Waals surface area (Å²) >= 11 is 0. The van der Waals surface area contributed by atoms with Gasteiger partial charge < -0.3 is 9.47 Å². The predicted octanol–water partition coefficient (Wildman–Crippen LogP) is 1.03. The minimum atomic E-state index is 0.183. The number of nitrogens with one attached hydrogen (secondary N) is 1. The van der Waals surface area contributed by atoms with Crippen molar-refractivity contribution in [3.63, 3.8) is 0 Å². The van der Waals surface area contributed by atoms with E-state index in [0.29, 0.717) is 12.0 Å². The Morgan fingerprint density at radius 1 is 1.24 bits per heavy atom. The number of ether oxygens (including phenoxy) is 2. The molecule has 120 valence electrons. The fourth-order valence-electron chi connectivity index (χ4n) is 4.90. The minimum absolute atomic E-state index is 0.183. The van der Waals surface area contributed by atoms with Crippen LogP contribution in [0.1, 0.15) is 44.9 Å². The van der Waals surface area contributed by atoms with Crippen LogP contribution in [0.4, 0.5) is 0 Å². The van der Waals surface area contributed by atoms with E-state index in [0.717, 1.165) is 32.6 Å². The Balaban J connectivity index is 1.41. The molecular weight excluding hydrogens is 266 g/mol. The molecule has 1 spiro atoms. The number of hydrogen-bond donors (Lipinski definition) is 2. The van der Waals surface area contributed by atoms with E-state index in [2.05, 4.69) is 10.3 Å². The maximum atomic E-state index is 6.19. The van der Waals surface area contributed by atoms with Crippen LogP contribution in [0.2, 0.25) is 0 Å². The lowest BCUT2D eigenvalue weighted by molar-refractivity contribution is -0.158. The van der Waals surface area contributed by atoms with E-state index in [1.54, 1.807) is 0 Å². The van der Waals surface area contributed by atoms with Crippen molar-refractivity contribution in [1.82, 2.24) is 10.3 Å². The molecule has 3 heterocycles. The Hall–Kier alpha value is -0.200. The van der Waals surface area contributed by atoms with Crippen LogP contribution >= 0.6 is 0 Å². The summed E-state index contributed by atoms with van der Waals surface area (Å²) in [4.78, 5) is 2.61. The van der Waals surface area contributed by atoms with Gasteiger partial charge in [-0.05, 0) is 57.4 Å². The summed E-state index contributed by atoms with van der Waals surface area (Å²) in [7, 11) is 0. The third-order valence-corrected chi connectivity index (χ3v) is 6.31. The van der Waals surface area contributed by atoms with Crippen LogP contribution < -0.4 is 11.3 Å². The van der Waals surface area contributed by atoms with Crippen molar-refractivity contribution < 1.29 is 9.47 Å². The molecule has 1 aliphatic carbocycles. The highest BCUT2D eigenvalue weighted by Gasteiger charge is 2.46. The molecule has 0 aromatic rings. The monoisotopic (exact) mass is 295 g/mol. The van der Waals surface area contributed by atoms with Crippen LogP contribution in [0.25, 0.3) is 0 Å². The first-order valence-corrected chi connectivity index (χ1v) is 8.75. The average Bonchev–Trinajstić information content (AvgIpc) is 2.94. The topological polar surface area (TPSA) is 59.8 Å². The zero-order valence-corrected chi connectivity index (χ0v) is 12.9. The van der Waals surface area contributed by atoms with Gasteiger partial charge in [0.25, 0.3) is 0 Å². The first kappa shape index (κ1) is 14.4. The number of fused-ring (bicyclic) bond motifs is 1. The summed E-state index contributed by atoms with van der Waals surface area (Å²) < 4.78 is 12.3. The van der Waals surface area contributed by atoms with Crippen molar-refractivity contribution in [3.05, 3.63) is 0 Å². The second-order valence-electron chi connectivity index (χ2n) is 7.49. The maximum absolute atomic E-state index is 6.19. The summed E-state index contributed by atoms with van der Waals surface area (Å²) in [5.41, 5.74) is 3.28. The van der Waals surface area contributed by atoms with Crippen molar-refractivity contribution >= 4 is 0 Å². The zero-order valence-electron chi connectivity index (χ0n) is 12.9. The fourth-order valence-corrected chi connectivity index (χ4v) is 4.90. The van der Waals surface area contributed by atoms with Gasteiger partial charge in [-0.2, -0.15) is 0 Å². The first-order chi connectivity index (χ1) is 10.3. The molecule has 3 aliphatic heterocycles. The smallest absolute Gasteiger partial charge is 0.0871 e. The minimum Gasteiger partial charge on any atom is -0.375 e. The molecule has 4 fully saturated rings. The van der Waals surface area contributed by atoms with Gasteiger partial charge in [0.2, 0.25) is 0 Å². The van der Waals surface area contributed by atoms with Gasteiger partial charge in [-0.25, -0.2) is 0 Å². The lowest BCUT2D eigenvalue weighted by Gasteiger charge is -2.50. The normalized spacial score (nSPS) is 40.7. The molecule has 3 saturated heterocycles. The Morgan fingerprint density at radius 2 is 2.14 bits per heavy atom. The number of hydrogen-bond acceptors (Lipinski definition) is 5. The molecule has 4 rings (SSSR count). The molecule has 0 aromatic carbocycles. The van der Waals surface area contributed by atoms with Crippen LogP contribution in [0.5, 0.6) is 0 Å². The van der Waals surface area contributed by atoms with Gasteiger partial charge >= 0.3 is 0 Å². The van der Waals surface area contributed by atoms with Gasteiger partial charge in [0.05, 0.1) is 24.4 Å². The quantitative estimate of drug-likeness (QED) is 0.601. The van der Waals surface area contributed by atoms with Crippen molar-refractivity contribution in [2.24, 2.45) is 11.8 Å². The van der Waals surface area contributed by atoms with E-state index in [1.807, 2.05) is 0 Å². The van der Waals surface area contributed by atoms with Crippen molar-refractivity contribution in [2.75, 3.05) is 26.3 Å². The highest BCUT2D eigenvalue weighted by atomic mass is 16.5. The molecule has 4 aliphatic rings. The van der Waals surface area contributed by atoms with Crippen LogP contribution in [0.15, 0.2) is 0 Å². The number of hydrazine groups is 1. The van der Waals surface area contributed by atoms with Crippen LogP contribution in [0, 0.1) is 5.92 Å². The van der Waals surface area contributed by atoms with Gasteiger partial charge in [0, 0.05) is 19.2 Å². The number of nitrogens with zero attached hydrogens (tertiary/aromatic N) is 1. The highest BCUT2D eigenvalue weighted by Crippen LogP contribution is 2.45. The Bertz CT molecular complexity index is 375. The molecule has 21 heavy (non-hydrogen) atoms. The molecule has 0 aromatic heterocycles. The maximum Gasteiger partial charge on any atom is 0.0871 e. The van der Waals surface area contributed by atoms with Crippen LogP contribution in [0.3, 0.4) is 0 Å². The lowest BCUT2D eigenvalue weighted by atomic mass is 9.70. The van der Waals surface area contributed by atoms with Gasteiger partial charge in [-0.3, -0.25) is 16.2 Å². The molecule has 1 saturated carbocycles. The third kappa shape index (κ3) is 2.63. The van der Waals surface area contributed by atoms with E-state index < -0.39 is 0 Å². The van der Waals surface area contributed by atoms with E-state index in [4.69, 9.17) is 15.3 Å². The van der Waals surface area contributed by atoms with Gasteiger partial charge in [-0.15, -0.1) is 0 Å². The van der Waals surface area contributed by atoms with Crippen molar-refractivity contribution in [3.8, 4) is 0 Å². The van der Waals surface area contributed by atoms with E-state index in [1.165, 1.54) is 38.6 Å². The Morgan fingerprint density at radius 3 is 2.90 bits per heavy atom. The van der Waals surface area contributed by atoms with Gasteiger partial charge in [-0.1, -0.05) is 0 Å². The second kappa shape index (κ2) is 5.78. The number of nitrogens with two attached hydrogens (primary N) is 1. The summed E-state index contributed by atoms with van der Waals surface area (Å²) in [6.07, 6.45) is 8.93. The molecule has 0 bridgehead atoms. The Kier molecular flexibility index (Phi) is 3.96. The summed E-state index contributed by atoms with van der Waals surface area (Å²) in [5, 5.41) is 0. The molecule has 5 heteroatoms. The second-order valence-corrected chi connectivity index (χ2v) is 7.49. The fraction of sp³-hybridized carbons (Fsp3) is 1.00.